The third-order valence-corrected chi connectivity index (χ3v) is 9.25. The van der Waals surface area contributed by atoms with E-state index in [1.807, 2.05) is 30.3 Å². The number of amides is 2. The van der Waals surface area contributed by atoms with Crippen LogP contribution in [-0.4, -0.2) is 62.4 Å². The highest BCUT2D eigenvalue weighted by atomic mass is 32.2. The van der Waals surface area contributed by atoms with Crippen LogP contribution in [0.3, 0.4) is 0 Å². The van der Waals surface area contributed by atoms with Gasteiger partial charge in [0, 0.05) is 18.2 Å². The summed E-state index contributed by atoms with van der Waals surface area (Å²) < 4.78 is 65.8. The molecule has 4 rings (SSSR count). The van der Waals surface area contributed by atoms with E-state index in [9.17, 15) is 36.3 Å². The maximum Gasteiger partial charge on any atom is 0.416 e. The lowest BCUT2D eigenvalue weighted by atomic mass is 9.95. The molecule has 3 aromatic rings. The topological polar surface area (TPSA) is 128 Å². The minimum atomic E-state index is -4.60. The molecule has 254 valence electrons. The lowest BCUT2D eigenvalue weighted by molar-refractivity contribution is -0.137. The summed E-state index contributed by atoms with van der Waals surface area (Å²) in [5, 5.41) is 20.2. The van der Waals surface area contributed by atoms with E-state index in [1.165, 1.54) is 30.7 Å². The van der Waals surface area contributed by atoms with Crippen molar-refractivity contribution >= 4 is 33.2 Å². The molecule has 1 aliphatic rings. The van der Waals surface area contributed by atoms with Crippen molar-refractivity contribution in [1.29, 1.82) is 0 Å². The Hall–Kier alpha value is -3.94. The third-order valence-electron chi connectivity index (χ3n) is 8.16. The maximum absolute atomic E-state index is 13.5. The van der Waals surface area contributed by atoms with Gasteiger partial charge in [0.05, 0.1) is 41.4 Å². The number of rotatable bonds is 13. The number of hydrogen-bond donors (Lipinski definition) is 4. The predicted molar refractivity (Wildman–Crippen MR) is 175 cm³/mol. The van der Waals surface area contributed by atoms with Crippen molar-refractivity contribution in [3.8, 4) is 0 Å². The predicted octanol–water partition coefficient (Wildman–Crippen LogP) is 4.93. The number of benzene rings is 3. The van der Waals surface area contributed by atoms with Crippen LogP contribution in [0.15, 0.2) is 78.9 Å². The molecule has 0 aromatic heterocycles. The minimum absolute atomic E-state index is 0.00680. The summed E-state index contributed by atoms with van der Waals surface area (Å²) >= 11 is 0. The Balaban J connectivity index is 1.50. The van der Waals surface area contributed by atoms with Gasteiger partial charge in [-0.1, -0.05) is 55.7 Å². The van der Waals surface area contributed by atoms with E-state index in [0.717, 1.165) is 66.1 Å². The molecule has 3 aromatic carbocycles. The Morgan fingerprint density at radius 3 is 2.21 bits per heavy atom. The normalized spacial score (nSPS) is 16.1. The zero-order valence-corrected chi connectivity index (χ0v) is 27.2. The Labute approximate surface area is 273 Å². The smallest absolute Gasteiger partial charge is 0.390 e. The molecule has 1 aliphatic carbocycles. The molecule has 0 spiro atoms. The molecule has 0 aliphatic heterocycles. The molecular weight excluding hydrogens is 633 g/mol. The van der Waals surface area contributed by atoms with Crippen molar-refractivity contribution in [2.24, 2.45) is 0 Å². The second-order valence-corrected chi connectivity index (χ2v) is 13.8. The number of alkyl halides is 3. The van der Waals surface area contributed by atoms with Crippen LogP contribution >= 0.6 is 0 Å². The van der Waals surface area contributed by atoms with Gasteiger partial charge in [-0.25, -0.2) is 12.7 Å². The van der Waals surface area contributed by atoms with Crippen molar-refractivity contribution < 1.29 is 36.3 Å². The summed E-state index contributed by atoms with van der Waals surface area (Å²) in [5.74, 6) is -0.760. The van der Waals surface area contributed by atoms with Gasteiger partial charge in [-0.2, -0.15) is 13.2 Å². The average Bonchev–Trinajstić information content (AvgIpc) is 3.03. The van der Waals surface area contributed by atoms with Gasteiger partial charge >= 0.3 is 6.18 Å². The van der Waals surface area contributed by atoms with E-state index in [4.69, 9.17) is 0 Å². The molecule has 0 bridgehead atoms. The van der Waals surface area contributed by atoms with Crippen LogP contribution in [0.25, 0.3) is 0 Å². The molecule has 9 nitrogen and oxygen atoms in total. The fraction of sp³-hybridized carbons (Fsp3) is 0.412. The number of nitrogens with zero attached hydrogens (tertiary/aromatic N) is 1. The number of nitrogens with one attached hydrogen (secondary N) is 3. The quantitative estimate of drug-likeness (QED) is 0.204. The lowest BCUT2D eigenvalue weighted by Crippen LogP contribution is -2.53. The van der Waals surface area contributed by atoms with Crippen LogP contribution in [0.1, 0.15) is 60.5 Å². The van der Waals surface area contributed by atoms with Gasteiger partial charge in [0.25, 0.3) is 5.91 Å². The summed E-state index contributed by atoms with van der Waals surface area (Å²) in [6, 6.07) is 17.3. The second kappa shape index (κ2) is 15.8. The number of hydrogen-bond acceptors (Lipinski definition) is 6. The summed E-state index contributed by atoms with van der Waals surface area (Å²) in [4.78, 5) is 26.3. The van der Waals surface area contributed by atoms with Gasteiger partial charge in [0.2, 0.25) is 15.9 Å². The fourth-order valence-electron chi connectivity index (χ4n) is 5.60. The minimum Gasteiger partial charge on any atom is -0.390 e. The zero-order valence-electron chi connectivity index (χ0n) is 26.3. The molecule has 0 saturated heterocycles. The van der Waals surface area contributed by atoms with Gasteiger partial charge in [-0.3, -0.25) is 9.59 Å². The highest BCUT2D eigenvalue weighted by Crippen LogP contribution is 2.34. The Morgan fingerprint density at radius 1 is 0.936 bits per heavy atom. The molecule has 0 radical (unpaired) electrons. The van der Waals surface area contributed by atoms with E-state index in [0.29, 0.717) is 0 Å². The Morgan fingerprint density at radius 2 is 1.60 bits per heavy atom. The molecule has 13 heteroatoms. The van der Waals surface area contributed by atoms with E-state index in [2.05, 4.69) is 16.0 Å². The average molecular weight is 675 g/mol. The molecule has 0 heterocycles. The number of halogens is 3. The first-order chi connectivity index (χ1) is 22.2. The largest absolute Gasteiger partial charge is 0.416 e. The van der Waals surface area contributed by atoms with E-state index in [1.54, 1.807) is 6.92 Å². The van der Waals surface area contributed by atoms with Crippen molar-refractivity contribution in [1.82, 2.24) is 16.0 Å². The van der Waals surface area contributed by atoms with Crippen molar-refractivity contribution in [3.63, 3.8) is 0 Å². The first-order valence-corrected chi connectivity index (χ1v) is 17.4. The van der Waals surface area contributed by atoms with Gasteiger partial charge in [-0.15, -0.1) is 0 Å². The van der Waals surface area contributed by atoms with Crippen LogP contribution in [0.4, 0.5) is 24.5 Å². The summed E-state index contributed by atoms with van der Waals surface area (Å²) in [5.41, 5.74) is -0.0111. The van der Waals surface area contributed by atoms with Gasteiger partial charge < -0.3 is 21.1 Å². The van der Waals surface area contributed by atoms with Gasteiger partial charge in [-0.05, 0) is 74.2 Å². The molecule has 1 fully saturated rings. The van der Waals surface area contributed by atoms with Crippen LogP contribution in [0.2, 0.25) is 0 Å². The number of aliphatic hydroxyl groups excluding tert-OH is 1. The first-order valence-electron chi connectivity index (χ1n) is 15.6. The number of sulfonamides is 1. The van der Waals surface area contributed by atoms with Crippen LogP contribution < -0.4 is 20.3 Å². The third kappa shape index (κ3) is 10.3. The second-order valence-electron chi connectivity index (χ2n) is 11.9. The monoisotopic (exact) mass is 674 g/mol. The zero-order chi connectivity index (χ0) is 34.2. The van der Waals surface area contributed by atoms with Crippen molar-refractivity contribution in [2.45, 2.75) is 75.9 Å². The summed E-state index contributed by atoms with van der Waals surface area (Å²) in [6.07, 6.45) is 0.688. The number of anilines is 2. The summed E-state index contributed by atoms with van der Waals surface area (Å²) in [7, 11) is -4.03. The van der Waals surface area contributed by atoms with Crippen molar-refractivity contribution in [2.75, 3.05) is 17.1 Å². The molecular formula is C34H41F3N4O5S. The maximum atomic E-state index is 13.5. The van der Waals surface area contributed by atoms with E-state index in [-0.39, 0.29) is 41.9 Å². The number of carbonyl (C=O) groups is 2. The highest BCUT2D eigenvalue weighted by Gasteiger charge is 2.31. The highest BCUT2D eigenvalue weighted by molar-refractivity contribution is 7.92. The lowest BCUT2D eigenvalue weighted by Gasteiger charge is -2.28. The van der Waals surface area contributed by atoms with Gasteiger partial charge in [0.15, 0.2) is 0 Å². The van der Waals surface area contributed by atoms with E-state index >= 15 is 0 Å². The van der Waals surface area contributed by atoms with Crippen LogP contribution in [0, 0.1) is 0 Å². The molecule has 1 saturated carbocycles. The molecule has 2 amide bonds. The number of aliphatic hydroxyl groups is 1. The SMILES string of the molecule is C[C@H](NC[C@@H](O)[C@H](Cc1ccccc1)NC(=O)c1cccc(N(c2ccc(C(F)(F)F)cc2)S(C)(=O)=O)c1)C(=O)NC1CCCCC1. The Kier molecular flexibility index (Phi) is 12.0. The number of carbonyl (C=O) groups excluding carboxylic acids is 2. The van der Waals surface area contributed by atoms with Crippen molar-refractivity contribution in [3.05, 3.63) is 95.6 Å². The standard InChI is InChI=1S/C34H41F3N4O5S/c1-23(32(43)39-27-13-7-4-8-14-27)38-22-31(42)30(20-24-10-5-3-6-11-24)40-33(44)25-12-9-15-29(21-25)41(47(2,45)46)28-18-16-26(17-19-28)34(35,36)37/h3,5-6,9-12,15-19,21,23,27,30-31,38,42H,4,7-8,13-14,20,22H2,1-2H3,(H,39,43)(H,40,44)/t23-,30-,31+/m0/s1. The van der Waals surface area contributed by atoms with Crippen LogP contribution in [0.5, 0.6) is 0 Å². The fourth-order valence-corrected chi connectivity index (χ4v) is 6.60. The molecule has 47 heavy (non-hydrogen) atoms. The summed E-state index contributed by atoms with van der Waals surface area (Å²) in [6.45, 7) is 1.72. The molecule has 4 N–H and O–H groups in total. The van der Waals surface area contributed by atoms with E-state index < -0.39 is 45.9 Å². The Bertz CT molecular complexity index is 1600. The van der Waals surface area contributed by atoms with Crippen LogP contribution in [-0.2, 0) is 27.4 Å². The molecule has 0 unspecified atom stereocenters. The van der Waals surface area contributed by atoms with Gasteiger partial charge in [0.1, 0.15) is 0 Å². The first kappa shape index (κ1) is 35.9. The molecule has 3 atom stereocenters.